The Balaban J connectivity index is 2.33. The number of nitrogens with one attached hydrogen (secondary N) is 1. The fourth-order valence-corrected chi connectivity index (χ4v) is 1.17. The zero-order valence-electron chi connectivity index (χ0n) is 10.2. The van der Waals surface area contributed by atoms with E-state index >= 15 is 0 Å². The number of ether oxygens (including phenoxy) is 2. The molecule has 0 spiro atoms. The van der Waals surface area contributed by atoms with Gasteiger partial charge in [-0.15, -0.1) is 0 Å². The summed E-state index contributed by atoms with van der Waals surface area (Å²) in [5.74, 6) is 0. The largest absolute Gasteiger partial charge is 0.445 e. The Morgan fingerprint density at radius 3 is 3.00 bits per heavy atom. The van der Waals surface area contributed by atoms with Crippen molar-refractivity contribution >= 4 is 0 Å². The molecule has 0 aliphatic rings. The van der Waals surface area contributed by atoms with E-state index in [0.717, 1.165) is 12.2 Å². The molecule has 0 amide bonds. The molecule has 92 valence electrons. The molecule has 0 radical (unpaired) electrons. The standard InChI is InChI=1S/C11H20N2O3/c1-4-12-6-10-8-15-11(13-10)16-9(3)7-14-5-2/h8-9,12H,4-7H2,1-3H3. The Labute approximate surface area is 96.1 Å². The van der Waals surface area contributed by atoms with E-state index in [1.54, 1.807) is 6.26 Å². The summed E-state index contributed by atoms with van der Waals surface area (Å²) >= 11 is 0. The van der Waals surface area contributed by atoms with Gasteiger partial charge in [0.2, 0.25) is 0 Å². The summed E-state index contributed by atoms with van der Waals surface area (Å²) in [6, 6.07) is 0. The molecule has 1 heterocycles. The van der Waals surface area contributed by atoms with Crippen LogP contribution in [0.1, 0.15) is 26.5 Å². The highest BCUT2D eigenvalue weighted by Gasteiger charge is 2.09. The van der Waals surface area contributed by atoms with Crippen molar-refractivity contribution in [2.45, 2.75) is 33.4 Å². The molecule has 0 fully saturated rings. The van der Waals surface area contributed by atoms with Gasteiger partial charge in [-0.1, -0.05) is 6.92 Å². The summed E-state index contributed by atoms with van der Waals surface area (Å²) < 4.78 is 15.9. The maximum atomic E-state index is 5.45. The molecular weight excluding hydrogens is 208 g/mol. The lowest BCUT2D eigenvalue weighted by molar-refractivity contribution is 0.0494. The van der Waals surface area contributed by atoms with Crippen molar-refractivity contribution in [3.05, 3.63) is 12.0 Å². The second kappa shape index (κ2) is 7.24. The van der Waals surface area contributed by atoms with E-state index < -0.39 is 0 Å². The Kier molecular flexibility index (Phi) is 5.88. The second-order valence-electron chi connectivity index (χ2n) is 3.47. The van der Waals surface area contributed by atoms with Gasteiger partial charge in [0.05, 0.1) is 12.3 Å². The molecule has 1 aromatic heterocycles. The summed E-state index contributed by atoms with van der Waals surface area (Å²) in [6.45, 7) is 8.75. The molecule has 1 atom stereocenters. The predicted molar refractivity (Wildman–Crippen MR) is 60.5 cm³/mol. The number of hydrogen-bond acceptors (Lipinski definition) is 5. The van der Waals surface area contributed by atoms with Crippen LogP contribution < -0.4 is 10.1 Å². The van der Waals surface area contributed by atoms with Crippen LogP contribution in [-0.4, -0.2) is 30.8 Å². The van der Waals surface area contributed by atoms with Gasteiger partial charge in [-0.05, 0) is 20.4 Å². The number of rotatable bonds is 8. The molecule has 5 nitrogen and oxygen atoms in total. The lowest BCUT2D eigenvalue weighted by Gasteiger charge is -2.10. The number of nitrogens with zero attached hydrogens (tertiary/aromatic N) is 1. The molecule has 0 bridgehead atoms. The average Bonchev–Trinajstić information content (AvgIpc) is 2.71. The smallest absolute Gasteiger partial charge is 0.394 e. The van der Waals surface area contributed by atoms with Crippen LogP contribution in [0.5, 0.6) is 6.08 Å². The summed E-state index contributed by atoms with van der Waals surface area (Å²) in [5.41, 5.74) is 0.848. The topological polar surface area (TPSA) is 56.5 Å². The summed E-state index contributed by atoms with van der Waals surface area (Å²) in [7, 11) is 0. The van der Waals surface area contributed by atoms with E-state index in [0.29, 0.717) is 25.8 Å². The lowest BCUT2D eigenvalue weighted by Crippen LogP contribution is -2.19. The molecule has 1 aromatic rings. The van der Waals surface area contributed by atoms with Crippen molar-refractivity contribution in [1.29, 1.82) is 0 Å². The molecular formula is C11H20N2O3. The van der Waals surface area contributed by atoms with Gasteiger partial charge >= 0.3 is 6.08 Å². The lowest BCUT2D eigenvalue weighted by atomic mass is 10.4. The van der Waals surface area contributed by atoms with Gasteiger partial charge in [-0.25, -0.2) is 0 Å². The van der Waals surface area contributed by atoms with Crippen LogP contribution in [0.4, 0.5) is 0 Å². The highest BCUT2D eigenvalue weighted by Crippen LogP contribution is 2.11. The minimum absolute atomic E-state index is 0.0504. The molecule has 5 heteroatoms. The number of aromatic nitrogens is 1. The SMILES string of the molecule is CCNCc1coc(OC(C)COCC)n1. The first-order chi connectivity index (χ1) is 7.76. The Morgan fingerprint density at radius 2 is 2.31 bits per heavy atom. The van der Waals surface area contributed by atoms with Crippen molar-refractivity contribution in [1.82, 2.24) is 10.3 Å². The van der Waals surface area contributed by atoms with E-state index in [-0.39, 0.29) is 6.10 Å². The van der Waals surface area contributed by atoms with E-state index in [1.807, 2.05) is 20.8 Å². The summed E-state index contributed by atoms with van der Waals surface area (Å²) in [5, 5.41) is 3.16. The average molecular weight is 228 g/mol. The number of oxazole rings is 1. The van der Waals surface area contributed by atoms with Gasteiger partial charge in [0.1, 0.15) is 12.4 Å². The van der Waals surface area contributed by atoms with Crippen LogP contribution in [0.15, 0.2) is 10.7 Å². The van der Waals surface area contributed by atoms with Gasteiger partial charge in [0.15, 0.2) is 0 Å². The van der Waals surface area contributed by atoms with Crippen LogP contribution in [0.3, 0.4) is 0 Å². The summed E-state index contributed by atoms with van der Waals surface area (Å²) in [6.07, 6.45) is 1.86. The van der Waals surface area contributed by atoms with Crippen molar-refractivity contribution in [2.75, 3.05) is 19.8 Å². The van der Waals surface area contributed by atoms with Gasteiger partial charge in [-0.2, -0.15) is 4.98 Å². The van der Waals surface area contributed by atoms with Crippen molar-refractivity contribution in [3.8, 4) is 6.08 Å². The third-order valence-corrected chi connectivity index (χ3v) is 1.95. The monoisotopic (exact) mass is 228 g/mol. The quantitative estimate of drug-likeness (QED) is 0.732. The number of hydrogen-bond donors (Lipinski definition) is 1. The van der Waals surface area contributed by atoms with E-state index in [1.165, 1.54) is 0 Å². The first-order valence-corrected chi connectivity index (χ1v) is 5.65. The molecule has 0 saturated carbocycles. The molecule has 16 heavy (non-hydrogen) atoms. The molecule has 1 N–H and O–H groups in total. The van der Waals surface area contributed by atoms with E-state index in [4.69, 9.17) is 13.9 Å². The van der Waals surface area contributed by atoms with Crippen molar-refractivity contribution in [2.24, 2.45) is 0 Å². The van der Waals surface area contributed by atoms with Crippen LogP contribution >= 0.6 is 0 Å². The van der Waals surface area contributed by atoms with Gasteiger partial charge < -0.3 is 19.2 Å². The van der Waals surface area contributed by atoms with Crippen LogP contribution in [-0.2, 0) is 11.3 Å². The van der Waals surface area contributed by atoms with Crippen LogP contribution in [0.2, 0.25) is 0 Å². The van der Waals surface area contributed by atoms with E-state index in [2.05, 4.69) is 10.3 Å². The highest BCUT2D eigenvalue weighted by molar-refractivity contribution is 4.99. The van der Waals surface area contributed by atoms with E-state index in [9.17, 15) is 0 Å². The van der Waals surface area contributed by atoms with Gasteiger partial charge in [0, 0.05) is 13.2 Å². The van der Waals surface area contributed by atoms with Crippen molar-refractivity contribution in [3.63, 3.8) is 0 Å². The van der Waals surface area contributed by atoms with Gasteiger partial charge in [-0.3, -0.25) is 0 Å². The van der Waals surface area contributed by atoms with Crippen molar-refractivity contribution < 1.29 is 13.9 Å². The molecule has 1 rings (SSSR count). The summed E-state index contributed by atoms with van der Waals surface area (Å²) in [4.78, 5) is 4.19. The first kappa shape index (κ1) is 13.0. The third-order valence-electron chi connectivity index (χ3n) is 1.95. The molecule has 0 saturated heterocycles. The maximum absolute atomic E-state index is 5.45. The minimum atomic E-state index is -0.0504. The Hall–Kier alpha value is -1.07. The predicted octanol–water partition coefficient (Wildman–Crippen LogP) is 1.59. The zero-order chi connectivity index (χ0) is 11.8. The van der Waals surface area contributed by atoms with Crippen LogP contribution in [0, 0.1) is 0 Å². The molecule has 0 aliphatic heterocycles. The van der Waals surface area contributed by atoms with Crippen LogP contribution in [0.25, 0.3) is 0 Å². The normalized spacial score (nSPS) is 12.7. The maximum Gasteiger partial charge on any atom is 0.394 e. The first-order valence-electron chi connectivity index (χ1n) is 5.65. The highest BCUT2D eigenvalue weighted by atomic mass is 16.6. The molecule has 0 aromatic carbocycles. The van der Waals surface area contributed by atoms with Gasteiger partial charge in [0.25, 0.3) is 0 Å². The second-order valence-corrected chi connectivity index (χ2v) is 3.47. The Bertz CT molecular complexity index is 289. The molecule has 1 unspecified atom stereocenters. The fraction of sp³-hybridized carbons (Fsp3) is 0.727. The fourth-order valence-electron chi connectivity index (χ4n) is 1.17. The minimum Gasteiger partial charge on any atom is -0.445 e. The molecule has 0 aliphatic carbocycles. The zero-order valence-corrected chi connectivity index (χ0v) is 10.2. The third kappa shape index (κ3) is 4.63. The Morgan fingerprint density at radius 1 is 1.50 bits per heavy atom.